The second-order valence-corrected chi connectivity index (χ2v) is 8.24. The first-order chi connectivity index (χ1) is 15.8. The van der Waals surface area contributed by atoms with E-state index < -0.39 is 23.8 Å². The zero-order chi connectivity index (χ0) is 24.2. The van der Waals surface area contributed by atoms with Crippen molar-refractivity contribution in [1.29, 1.82) is 0 Å². The van der Waals surface area contributed by atoms with Crippen LogP contribution in [0.2, 0.25) is 0 Å². The molecule has 0 saturated heterocycles. The molecule has 0 aliphatic heterocycles. The van der Waals surface area contributed by atoms with Crippen molar-refractivity contribution in [2.75, 3.05) is 0 Å². The Morgan fingerprint density at radius 3 is 2.24 bits per heavy atom. The van der Waals surface area contributed by atoms with Crippen LogP contribution < -0.4 is 21.1 Å². The van der Waals surface area contributed by atoms with Gasteiger partial charge in [0.25, 0.3) is 0 Å². The number of benzene rings is 2. The Morgan fingerprint density at radius 1 is 0.970 bits per heavy atom. The molecular weight excluding hydrogens is 418 g/mol. The van der Waals surface area contributed by atoms with Gasteiger partial charge >= 0.3 is 0 Å². The first-order valence-electron chi connectivity index (χ1n) is 11.3. The van der Waals surface area contributed by atoms with E-state index in [1.807, 2.05) is 68.4 Å². The van der Waals surface area contributed by atoms with Crippen LogP contribution in [0.1, 0.15) is 44.7 Å². The smallest absolute Gasteiger partial charge is 0.243 e. The third kappa shape index (κ3) is 9.35. The molecule has 3 atom stereocenters. The van der Waals surface area contributed by atoms with E-state index >= 15 is 0 Å². The molecule has 0 spiro atoms. The second-order valence-electron chi connectivity index (χ2n) is 8.24. The minimum atomic E-state index is -0.747. The third-order valence-corrected chi connectivity index (χ3v) is 5.39. The van der Waals surface area contributed by atoms with Crippen LogP contribution in [-0.2, 0) is 27.4 Å². The molecule has 0 aliphatic carbocycles. The predicted octanol–water partition coefficient (Wildman–Crippen LogP) is 2.92. The van der Waals surface area contributed by atoms with E-state index in [0.29, 0.717) is 13.0 Å². The van der Waals surface area contributed by atoms with Crippen molar-refractivity contribution in [3.8, 4) is 5.75 Å². The fourth-order valence-electron chi connectivity index (χ4n) is 2.98. The topological polar surface area (TPSA) is 111 Å². The number of nitrogens with one attached hydrogen (secondary N) is 2. The summed E-state index contributed by atoms with van der Waals surface area (Å²) in [6.45, 7) is 6.01. The van der Waals surface area contributed by atoms with Gasteiger partial charge in [-0.15, -0.1) is 0 Å². The van der Waals surface area contributed by atoms with Crippen LogP contribution in [0.3, 0.4) is 0 Å². The molecule has 0 aliphatic rings. The molecule has 0 heterocycles. The van der Waals surface area contributed by atoms with E-state index in [2.05, 4.69) is 10.6 Å². The molecule has 0 aromatic heterocycles. The van der Waals surface area contributed by atoms with Gasteiger partial charge in [-0.2, -0.15) is 0 Å². The van der Waals surface area contributed by atoms with E-state index in [1.54, 1.807) is 6.92 Å². The molecule has 2 aromatic carbocycles. The predicted molar refractivity (Wildman–Crippen MR) is 128 cm³/mol. The minimum absolute atomic E-state index is 0.00970. The van der Waals surface area contributed by atoms with E-state index in [1.165, 1.54) is 6.42 Å². The summed E-state index contributed by atoms with van der Waals surface area (Å²) in [5.74, 6) is -0.860. The van der Waals surface area contributed by atoms with Crippen LogP contribution in [0.15, 0.2) is 54.6 Å². The number of amides is 3. The summed E-state index contributed by atoms with van der Waals surface area (Å²) in [6, 6.07) is 16.6. The molecule has 7 heteroatoms. The highest BCUT2D eigenvalue weighted by molar-refractivity contribution is 5.92. The SMILES string of the molecule is CCC(C)NC(=O)C(Cc1ccc(OCc2ccccc2)cc1)NC(=O)[CH]CC(C)C(N)=O. The van der Waals surface area contributed by atoms with Gasteiger partial charge in [-0.1, -0.05) is 56.3 Å². The molecule has 1 radical (unpaired) electrons. The molecule has 0 saturated carbocycles. The first-order valence-corrected chi connectivity index (χ1v) is 11.3. The van der Waals surface area contributed by atoms with Crippen molar-refractivity contribution in [2.24, 2.45) is 11.7 Å². The zero-order valence-corrected chi connectivity index (χ0v) is 19.5. The van der Waals surface area contributed by atoms with Gasteiger partial charge in [0, 0.05) is 18.4 Å². The van der Waals surface area contributed by atoms with Crippen molar-refractivity contribution >= 4 is 17.7 Å². The second kappa shape index (κ2) is 13.3. The van der Waals surface area contributed by atoms with E-state index in [9.17, 15) is 14.4 Å². The average Bonchev–Trinajstić information content (AvgIpc) is 2.82. The van der Waals surface area contributed by atoms with Crippen molar-refractivity contribution in [2.45, 2.75) is 58.7 Å². The number of hydrogen-bond donors (Lipinski definition) is 3. The molecule has 2 rings (SSSR count). The zero-order valence-electron chi connectivity index (χ0n) is 19.5. The molecule has 4 N–H and O–H groups in total. The highest BCUT2D eigenvalue weighted by atomic mass is 16.5. The van der Waals surface area contributed by atoms with Crippen LogP contribution in [-0.4, -0.2) is 29.8 Å². The minimum Gasteiger partial charge on any atom is -0.489 e. The Bertz CT molecular complexity index is 900. The summed E-state index contributed by atoms with van der Waals surface area (Å²) in [6.07, 6.45) is 2.68. The highest BCUT2D eigenvalue weighted by Crippen LogP contribution is 2.16. The number of rotatable bonds is 13. The summed E-state index contributed by atoms with van der Waals surface area (Å²) in [5.41, 5.74) is 7.21. The van der Waals surface area contributed by atoms with Crippen LogP contribution in [0, 0.1) is 12.3 Å². The van der Waals surface area contributed by atoms with Gasteiger partial charge in [-0.25, -0.2) is 0 Å². The van der Waals surface area contributed by atoms with E-state index in [4.69, 9.17) is 10.5 Å². The van der Waals surface area contributed by atoms with Crippen molar-refractivity contribution < 1.29 is 19.1 Å². The molecule has 0 bridgehead atoms. The lowest BCUT2D eigenvalue weighted by Gasteiger charge is -2.21. The average molecular weight is 453 g/mol. The van der Waals surface area contributed by atoms with Crippen molar-refractivity contribution in [3.63, 3.8) is 0 Å². The van der Waals surface area contributed by atoms with Crippen LogP contribution in [0.25, 0.3) is 0 Å². The maximum Gasteiger partial charge on any atom is 0.243 e. The van der Waals surface area contributed by atoms with Gasteiger partial charge in [-0.05, 0) is 43.0 Å². The maximum absolute atomic E-state index is 12.8. The number of nitrogens with two attached hydrogens (primary N) is 1. The standard InChI is InChI=1S/C26H34N3O4/c1-4-19(3)28-26(32)23(29-24(30)15-10-18(2)25(27)31)16-20-11-13-22(14-12-20)33-17-21-8-6-5-7-9-21/h5-9,11-15,18-19,23H,4,10,16-17H2,1-3H3,(H2,27,31)(H,28,32)(H,29,30). The summed E-state index contributed by atoms with van der Waals surface area (Å²) in [5, 5.41) is 5.68. The normalized spacial score (nSPS) is 13.4. The van der Waals surface area contributed by atoms with Gasteiger partial charge in [0.2, 0.25) is 17.7 Å². The van der Waals surface area contributed by atoms with E-state index in [0.717, 1.165) is 23.3 Å². The third-order valence-electron chi connectivity index (χ3n) is 5.39. The molecule has 7 nitrogen and oxygen atoms in total. The first kappa shape index (κ1) is 25.9. The molecule has 177 valence electrons. The fourth-order valence-corrected chi connectivity index (χ4v) is 2.98. The van der Waals surface area contributed by atoms with Crippen LogP contribution >= 0.6 is 0 Å². The monoisotopic (exact) mass is 452 g/mol. The Labute approximate surface area is 196 Å². The summed E-state index contributed by atoms with van der Waals surface area (Å²) >= 11 is 0. The number of ether oxygens (including phenoxy) is 1. The van der Waals surface area contributed by atoms with Gasteiger partial charge < -0.3 is 21.1 Å². The van der Waals surface area contributed by atoms with Crippen LogP contribution in [0.4, 0.5) is 0 Å². The molecule has 0 fully saturated rings. The lowest BCUT2D eigenvalue weighted by atomic mass is 10.0. The van der Waals surface area contributed by atoms with Gasteiger partial charge in [0.1, 0.15) is 18.4 Å². The molecular formula is C26H34N3O4. The number of carbonyl (C=O) groups is 3. The van der Waals surface area contributed by atoms with E-state index in [-0.39, 0.29) is 18.4 Å². The Hall–Kier alpha value is -3.35. The molecule has 3 unspecified atom stereocenters. The molecule has 2 aromatic rings. The Balaban J connectivity index is 1.99. The fraction of sp³-hybridized carbons (Fsp3) is 0.385. The molecule has 33 heavy (non-hydrogen) atoms. The maximum atomic E-state index is 12.8. The Morgan fingerprint density at radius 2 is 1.64 bits per heavy atom. The summed E-state index contributed by atoms with van der Waals surface area (Å²) in [4.78, 5) is 36.4. The summed E-state index contributed by atoms with van der Waals surface area (Å²) < 4.78 is 5.81. The van der Waals surface area contributed by atoms with Gasteiger partial charge in [0.15, 0.2) is 0 Å². The van der Waals surface area contributed by atoms with Crippen LogP contribution in [0.5, 0.6) is 5.75 Å². The largest absolute Gasteiger partial charge is 0.489 e. The Kier molecular flexibility index (Phi) is 10.4. The number of carbonyl (C=O) groups excluding carboxylic acids is 3. The van der Waals surface area contributed by atoms with Gasteiger partial charge in [-0.3, -0.25) is 14.4 Å². The van der Waals surface area contributed by atoms with Gasteiger partial charge in [0.05, 0.1) is 6.42 Å². The highest BCUT2D eigenvalue weighted by Gasteiger charge is 2.23. The lowest BCUT2D eigenvalue weighted by Crippen LogP contribution is -2.50. The van der Waals surface area contributed by atoms with Crippen molar-refractivity contribution in [1.82, 2.24) is 10.6 Å². The summed E-state index contributed by atoms with van der Waals surface area (Å²) in [7, 11) is 0. The quantitative estimate of drug-likeness (QED) is 0.434. The number of primary amides is 1. The number of hydrogen-bond acceptors (Lipinski definition) is 4. The molecule has 3 amide bonds. The van der Waals surface area contributed by atoms with Crippen molar-refractivity contribution in [3.05, 3.63) is 72.1 Å². The lowest BCUT2D eigenvalue weighted by molar-refractivity contribution is -0.128.